The molecule has 0 nitrogen and oxygen atoms in total. The molecule has 0 spiro atoms. The lowest BCUT2D eigenvalue weighted by Gasteiger charge is -1.95. The van der Waals surface area contributed by atoms with Gasteiger partial charge in [-0.3, -0.25) is 0 Å². The third-order valence-corrected chi connectivity index (χ3v) is 2.36. The third-order valence-electron chi connectivity index (χ3n) is 1.27. The van der Waals surface area contributed by atoms with E-state index in [1.807, 2.05) is 0 Å². The summed E-state index contributed by atoms with van der Waals surface area (Å²) in [4.78, 5) is 0. The Bertz CT molecular complexity index is 159. The van der Waals surface area contributed by atoms with Crippen molar-refractivity contribution in [3.05, 3.63) is 22.2 Å². The van der Waals surface area contributed by atoms with Crippen molar-refractivity contribution in [3.8, 4) is 0 Å². The van der Waals surface area contributed by atoms with Crippen molar-refractivity contribution in [1.29, 1.82) is 0 Å². The summed E-state index contributed by atoms with van der Waals surface area (Å²) in [6.07, 6.45) is 6.65. The van der Waals surface area contributed by atoms with Crippen LogP contribution in [0.15, 0.2) is 22.2 Å². The summed E-state index contributed by atoms with van der Waals surface area (Å²) in [5, 5.41) is 0. The van der Waals surface area contributed by atoms with Crippen LogP contribution in [0.5, 0.6) is 0 Å². The maximum Gasteiger partial charge on any atom is 0.0134 e. The molecule has 0 fully saturated rings. The van der Waals surface area contributed by atoms with Gasteiger partial charge in [-0.25, -0.2) is 0 Å². The summed E-state index contributed by atoms with van der Waals surface area (Å²) in [5.41, 5.74) is 1.44. The summed E-state index contributed by atoms with van der Waals surface area (Å²) in [6.45, 7) is 4.31. The second-order valence-corrected chi connectivity index (χ2v) is 4.42. The van der Waals surface area contributed by atoms with Gasteiger partial charge in [-0.2, -0.15) is 0 Å². The maximum atomic E-state index is 3.49. The van der Waals surface area contributed by atoms with Gasteiger partial charge in [0.25, 0.3) is 0 Å². The van der Waals surface area contributed by atoms with E-state index in [2.05, 4.69) is 64.5 Å². The first-order chi connectivity index (χ1) is 5.20. The Hall–Kier alpha value is 0.690. The Balaban J connectivity index is 3.96. The van der Waals surface area contributed by atoms with Crippen molar-refractivity contribution in [3.63, 3.8) is 0 Å². The highest BCUT2D eigenvalue weighted by Gasteiger charge is 1.89. The predicted octanol–water partition coefficient (Wildman–Crippen LogP) is 4.45. The number of allylic oxidation sites excluding steroid dienone is 4. The van der Waals surface area contributed by atoms with E-state index in [4.69, 9.17) is 0 Å². The Kier molecular flexibility index (Phi) is 7.81. The highest BCUT2D eigenvalue weighted by atomic mass is 127. The van der Waals surface area contributed by atoms with E-state index in [-0.39, 0.29) is 0 Å². The van der Waals surface area contributed by atoms with E-state index in [1.54, 1.807) is 0 Å². The normalized spacial score (nSPS) is 13.8. The lowest BCUT2D eigenvalue weighted by molar-refractivity contribution is 1.13. The van der Waals surface area contributed by atoms with Gasteiger partial charge in [0.05, 0.1) is 0 Å². The topological polar surface area (TPSA) is 0 Å². The molecule has 64 valence electrons. The molecule has 0 saturated heterocycles. The summed E-state index contributed by atoms with van der Waals surface area (Å²) in [6, 6.07) is 0. The van der Waals surface area contributed by atoms with Crippen molar-refractivity contribution in [2.45, 2.75) is 26.7 Å². The Morgan fingerprint density at radius 3 is 2.64 bits per heavy atom. The molecule has 0 aliphatic carbocycles. The van der Waals surface area contributed by atoms with E-state index in [9.17, 15) is 0 Å². The fourth-order valence-corrected chi connectivity index (χ4v) is 2.28. The van der Waals surface area contributed by atoms with Gasteiger partial charge in [0.15, 0.2) is 0 Å². The standard InChI is InChI=1S/C9H14BrI/c1-3-4-9(10)7-8(2)5-6-11/h4,7H,3,5-6H2,1-2H3/b8-7+,9-4+. The molecule has 0 aliphatic rings. The van der Waals surface area contributed by atoms with Crippen molar-refractivity contribution >= 4 is 38.5 Å². The molecule has 0 atom stereocenters. The van der Waals surface area contributed by atoms with E-state index >= 15 is 0 Å². The second-order valence-electron chi connectivity index (χ2n) is 2.43. The SMILES string of the molecule is CC/C=C(Br)\C=C(/C)CCI. The van der Waals surface area contributed by atoms with E-state index < -0.39 is 0 Å². The van der Waals surface area contributed by atoms with Crippen LogP contribution >= 0.6 is 38.5 Å². The van der Waals surface area contributed by atoms with Gasteiger partial charge in [0.1, 0.15) is 0 Å². The Morgan fingerprint density at radius 1 is 1.55 bits per heavy atom. The highest BCUT2D eigenvalue weighted by Crippen LogP contribution is 2.13. The van der Waals surface area contributed by atoms with Gasteiger partial charge in [-0.05, 0) is 25.8 Å². The number of halogens is 2. The number of hydrogen-bond donors (Lipinski definition) is 0. The molecule has 0 saturated carbocycles. The fraction of sp³-hybridized carbons (Fsp3) is 0.556. The smallest absolute Gasteiger partial charge is 0.0134 e. The van der Waals surface area contributed by atoms with Crippen molar-refractivity contribution in [2.24, 2.45) is 0 Å². The quantitative estimate of drug-likeness (QED) is 0.406. The zero-order valence-electron chi connectivity index (χ0n) is 7.03. The zero-order valence-corrected chi connectivity index (χ0v) is 10.8. The van der Waals surface area contributed by atoms with Crippen LogP contribution in [-0.2, 0) is 0 Å². The maximum absolute atomic E-state index is 3.49. The summed E-state index contributed by atoms with van der Waals surface area (Å²) in [5.74, 6) is 0. The number of hydrogen-bond acceptors (Lipinski definition) is 0. The van der Waals surface area contributed by atoms with Crippen molar-refractivity contribution < 1.29 is 0 Å². The third kappa shape index (κ3) is 7.06. The number of alkyl halides is 1. The average molecular weight is 329 g/mol. The molecule has 0 heterocycles. The van der Waals surface area contributed by atoms with Crippen LogP contribution in [0.1, 0.15) is 26.7 Å². The molecule has 0 unspecified atom stereocenters. The first-order valence-electron chi connectivity index (χ1n) is 3.79. The zero-order chi connectivity index (χ0) is 8.69. The molecule has 0 aromatic carbocycles. The van der Waals surface area contributed by atoms with Crippen LogP contribution in [0.4, 0.5) is 0 Å². The number of rotatable bonds is 4. The molecule has 0 rings (SSSR count). The van der Waals surface area contributed by atoms with Crippen LogP contribution in [0.25, 0.3) is 0 Å². The molecule has 0 radical (unpaired) electrons. The molecule has 0 aromatic heterocycles. The predicted molar refractivity (Wildman–Crippen MR) is 64.6 cm³/mol. The first kappa shape index (κ1) is 11.7. The van der Waals surface area contributed by atoms with Crippen molar-refractivity contribution in [2.75, 3.05) is 4.43 Å². The highest BCUT2D eigenvalue weighted by molar-refractivity contribution is 14.1. The van der Waals surface area contributed by atoms with Crippen LogP contribution in [0.2, 0.25) is 0 Å². The van der Waals surface area contributed by atoms with Gasteiger partial charge in [-0.15, -0.1) is 0 Å². The van der Waals surface area contributed by atoms with Crippen molar-refractivity contribution in [1.82, 2.24) is 0 Å². The molecule has 0 aromatic rings. The second kappa shape index (κ2) is 7.35. The van der Waals surface area contributed by atoms with Gasteiger partial charge >= 0.3 is 0 Å². The lowest BCUT2D eigenvalue weighted by Crippen LogP contribution is -1.77. The van der Waals surface area contributed by atoms with E-state index in [0.717, 1.165) is 6.42 Å². The first-order valence-corrected chi connectivity index (χ1v) is 6.11. The largest absolute Gasteiger partial charge is 0.0860 e. The summed E-state index contributed by atoms with van der Waals surface area (Å²) >= 11 is 5.89. The van der Waals surface area contributed by atoms with Gasteiger partial charge in [0.2, 0.25) is 0 Å². The van der Waals surface area contributed by atoms with Crippen LogP contribution in [-0.4, -0.2) is 4.43 Å². The van der Waals surface area contributed by atoms with Crippen LogP contribution in [0.3, 0.4) is 0 Å². The molecule has 0 N–H and O–H groups in total. The van der Waals surface area contributed by atoms with Crippen LogP contribution < -0.4 is 0 Å². The monoisotopic (exact) mass is 328 g/mol. The lowest BCUT2D eigenvalue weighted by atomic mass is 10.2. The summed E-state index contributed by atoms with van der Waals surface area (Å²) < 4.78 is 2.41. The van der Waals surface area contributed by atoms with Gasteiger partial charge in [-0.1, -0.05) is 57.1 Å². The minimum absolute atomic E-state index is 1.09. The average Bonchev–Trinajstić information content (AvgIpc) is 1.87. The van der Waals surface area contributed by atoms with E-state index in [0.29, 0.717) is 0 Å². The molecular weight excluding hydrogens is 315 g/mol. The molecule has 11 heavy (non-hydrogen) atoms. The Labute approximate surface area is 91.4 Å². The summed E-state index contributed by atoms with van der Waals surface area (Å²) in [7, 11) is 0. The molecule has 0 aliphatic heterocycles. The van der Waals surface area contributed by atoms with Gasteiger partial charge < -0.3 is 0 Å². The molecule has 0 bridgehead atoms. The van der Waals surface area contributed by atoms with E-state index in [1.165, 1.54) is 20.9 Å². The van der Waals surface area contributed by atoms with Gasteiger partial charge in [0, 0.05) is 8.91 Å². The molecule has 2 heteroatoms. The molecule has 0 amide bonds. The fourth-order valence-electron chi connectivity index (χ4n) is 0.711. The molecular formula is C9H14BrI. The minimum Gasteiger partial charge on any atom is -0.0860 e. The van der Waals surface area contributed by atoms with Crippen LogP contribution in [0, 0.1) is 0 Å². The Morgan fingerprint density at radius 2 is 2.18 bits per heavy atom. The minimum atomic E-state index is 1.09.